The first kappa shape index (κ1) is 11.0. The molecule has 3 aliphatic rings. The van der Waals surface area contributed by atoms with Gasteiger partial charge in [0.1, 0.15) is 0 Å². The maximum atomic E-state index is 12.2. The van der Waals surface area contributed by atoms with Crippen molar-refractivity contribution >= 4 is 5.78 Å². The molecule has 1 saturated heterocycles. The van der Waals surface area contributed by atoms with Crippen molar-refractivity contribution in [2.45, 2.75) is 32.7 Å². The molecule has 1 atom stereocenters. The molecule has 0 amide bonds. The van der Waals surface area contributed by atoms with Crippen LogP contribution in [0.25, 0.3) is 0 Å². The van der Waals surface area contributed by atoms with Crippen molar-refractivity contribution in [3.05, 3.63) is 23.4 Å². The third-order valence-electron chi connectivity index (χ3n) is 3.89. The van der Waals surface area contributed by atoms with Crippen LogP contribution in [0.2, 0.25) is 0 Å². The summed E-state index contributed by atoms with van der Waals surface area (Å²) in [7, 11) is 0. The fourth-order valence-corrected chi connectivity index (χ4v) is 3.07. The molecule has 0 radical (unpaired) electrons. The van der Waals surface area contributed by atoms with E-state index in [1.807, 2.05) is 6.08 Å². The van der Waals surface area contributed by atoms with Crippen molar-refractivity contribution in [1.82, 2.24) is 4.90 Å². The number of hydrogen-bond donors (Lipinski definition) is 0. The van der Waals surface area contributed by atoms with Crippen LogP contribution in [0, 0.1) is 5.41 Å². The van der Waals surface area contributed by atoms with E-state index in [2.05, 4.69) is 24.8 Å². The van der Waals surface area contributed by atoms with Crippen molar-refractivity contribution in [3.8, 4) is 0 Å². The monoisotopic (exact) mass is 233 g/mol. The molecule has 2 heterocycles. The predicted octanol–water partition coefficient (Wildman–Crippen LogP) is 1.90. The lowest BCUT2D eigenvalue weighted by Crippen LogP contribution is -2.48. The molecule has 3 rings (SSSR count). The van der Waals surface area contributed by atoms with Gasteiger partial charge in [0.25, 0.3) is 0 Å². The van der Waals surface area contributed by atoms with E-state index >= 15 is 0 Å². The lowest BCUT2D eigenvalue weighted by molar-refractivity contribution is -0.118. The number of fused-ring (bicyclic) bond motifs is 2. The molecule has 1 fully saturated rings. The van der Waals surface area contributed by atoms with Crippen LogP contribution in [-0.2, 0) is 9.53 Å². The third kappa shape index (κ3) is 1.82. The van der Waals surface area contributed by atoms with Crippen LogP contribution in [0.15, 0.2) is 23.4 Å². The largest absolute Gasteiger partial charge is 0.377 e. The lowest BCUT2D eigenvalue weighted by atomic mass is 9.74. The molecule has 0 unspecified atom stereocenters. The molecule has 17 heavy (non-hydrogen) atoms. The molecule has 3 nitrogen and oxygen atoms in total. The first-order chi connectivity index (χ1) is 8.07. The molecule has 0 aromatic rings. The molecule has 0 saturated carbocycles. The molecule has 0 aromatic carbocycles. The number of Topliss-reactive ketones (excluding diaryl/α,β-unsaturated/α-hetero) is 1. The maximum absolute atomic E-state index is 12.2. The summed E-state index contributed by atoms with van der Waals surface area (Å²) in [5, 5.41) is 0. The topological polar surface area (TPSA) is 29.5 Å². The molecular formula is C14H19NO2. The highest BCUT2D eigenvalue weighted by atomic mass is 16.5. The second-order valence-electron chi connectivity index (χ2n) is 6.00. The predicted molar refractivity (Wildman–Crippen MR) is 65.5 cm³/mol. The van der Waals surface area contributed by atoms with Gasteiger partial charge < -0.3 is 9.64 Å². The molecule has 0 spiro atoms. The van der Waals surface area contributed by atoms with Crippen molar-refractivity contribution in [3.63, 3.8) is 0 Å². The molecule has 3 heteroatoms. The highest BCUT2D eigenvalue weighted by molar-refractivity contribution is 6.00. The van der Waals surface area contributed by atoms with Gasteiger partial charge in [-0.25, -0.2) is 0 Å². The minimum absolute atomic E-state index is 0.101. The Labute approximate surface area is 102 Å². The number of hydrogen-bond acceptors (Lipinski definition) is 3. The zero-order valence-electron chi connectivity index (χ0n) is 10.5. The van der Waals surface area contributed by atoms with E-state index in [0.29, 0.717) is 18.2 Å². The quantitative estimate of drug-likeness (QED) is 0.640. The van der Waals surface area contributed by atoms with E-state index in [1.54, 1.807) is 0 Å². The maximum Gasteiger partial charge on any atom is 0.165 e. The number of morpholine rings is 1. The second kappa shape index (κ2) is 3.70. The van der Waals surface area contributed by atoms with E-state index in [4.69, 9.17) is 4.74 Å². The highest BCUT2D eigenvalue weighted by Gasteiger charge is 2.38. The number of carbonyl (C=O) groups is 1. The van der Waals surface area contributed by atoms with Gasteiger partial charge in [-0.05, 0) is 11.8 Å². The van der Waals surface area contributed by atoms with Gasteiger partial charge in [0, 0.05) is 24.2 Å². The Morgan fingerprint density at radius 3 is 3.06 bits per heavy atom. The van der Waals surface area contributed by atoms with Gasteiger partial charge in [-0.3, -0.25) is 4.79 Å². The van der Waals surface area contributed by atoms with Gasteiger partial charge in [0.05, 0.1) is 19.3 Å². The minimum atomic E-state index is 0.101. The SMILES string of the molecule is CC1(C)CC(=O)C2=C(C1)N1CCOC[C@H]1C=C2. The van der Waals surface area contributed by atoms with E-state index in [-0.39, 0.29) is 5.41 Å². The summed E-state index contributed by atoms with van der Waals surface area (Å²) in [4.78, 5) is 14.5. The Morgan fingerprint density at radius 1 is 1.41 bits per heavy atom. The average molecular weight is 233 g/mol. The minimum Gasteiger partial charge on any atom is -0.377 e. The number of allylic oxidation sites excluding steroid dienone is 3. The van der Waals surface area contributed by atoms with Gasteiger partial charge in [-0.15, -0.1) is 0 Å². The number of carbonyl (C=O) groups excluding carboxylic acids is 1. The van der Waals surface area contributed by atoms with Crippen LogP contribution in [-0.4, -0.2) is 36.5 Å². The van der Waals surface area contributed by atoms with Crippen molar-refractivity contribution in [2.75, 3.05) is 19.8 Å². The standard InChI is InChI=1S/C14H19NO2/c1-14(2)7-12-11(13(16)8-14)4-3-10-9-17-6-5-15(10)12/h3-4,10H,5-9H2,1-2H3/t10-/m1/s1. The van der Waals surface area contributed by atoms with Crippen LogP contribution >= 0.6 is 0 Å². The fraction of sp³-hybridized carbons (Fsp3) is 0.643. The first-order valence-corrected chi connectivity index (χ1v) is 6.36. The van der Waals surface area contributed by atoms with Crippen LogP contribution in [0.3, 0.4) is 0 Å². The van der Waals surface area contributed by atoms with Gasteiger partial charge in [0.15, 0.2) is 5.78 Å². The van der Waals surface area contributed by atoms with Crippen molar-refractivity contribution in [1.29, 1.82) is 0 Å². The number of nitrogens with zero attached hydrogens (tertiary/aromatic N) is 1. The Bertz CT molecular complexity index is 420. The third-order valence-corrected chi connectivity index (χ3v) is 3.89. The number of ketones is 1. The molecule has 0 N–H and O–H groups in total. The zero-order chi connectivity index (χ0) is 12.0. The number of ether oxygens (including phenoxy) is 1. The van der Waals surface area contributed by atoms with Crippen molar-refractivity contribution < 1.29 is 9.53 Å². The van der Waals surface area contributed by atoms with Crippen LogP contribution in [0.5, 0.6) is 0 Å². The summed E-state index contributed by atoms with van der Waals surface area (Å²) >= 11 is 0. The summed E-state index contributed by atoms with van der Waals surface area (Å²) in [5.74, 6) is 0.303. The molecule has 0 aromatic heterocycles. The molecule has 92 valence electrons. The van der Waals surface area contributed by atoms with E-state index in [1.165, 1.54) is 5.70 Å². The van der Waals surface area contributed by atoms with Gasteiger partial charge in [0.2, 0.25) is 0 Å². The molecule has 0 bridgehead atoms. The summed E-state index contributed by atoms with van der Waals surface area (Å²) in [6.45, 7) is 6.81. The van der Waals surface area contributed by atoms with Crippen molar-refractivity contribution in [2.24, 2.45) is 5.41 Å². The Kier molecular flexibility index (Phi) is 2.40. The molecule has 2 aliphatic heterocycles. The highest BCUT2D eigenvalue weighted by Crippen LogP contribution is 2.41. The second-order valence-corrected chi connectivity index (χ2v) is 6.00. The Hall–Kier alpha value is -1.09. The van der Waals surface area contributed by atoms with Gasteiger partial charge in [-0.2, -0.15) is 0 Å². The Morgan fingerprint density at radius 2 is 2.24 bits per heavy atom. The van der Waals surface area contributed by atoms with Crippen LogP contribution in [0.4, 0.5) is 0 Å². The fourth-order valence-electron chi connectivity index (χ4n) is 3.07. The summed E-state index contributed by atoms with van der Waals surface area (Å²) in [6, 6.07) is 0.337. The lowest BCUT2D eigenvalue weighted by Gasteiger charge is -2.44. The molecular weight excluding hydrogens is 214 g/mol. The summed E-state index contributed by atoms with van der Waals surface area (Å²) in [5.41, 5.74) is 2.30. The van der Waals surface area contributed by atoms with E-state index in [0.717, 1.165) is 31.8 Å². The normalized spacial score (nSPS) is 31.3. The number of rotatable bonds is 0. The zero-order valence-corrected chi connectivity index (χ0v) is 10.5. The summed E-state index contributed by atoms with van der Waals surface area (Å²) in [6.07, 6.45) is 5.82. The summed E-state index contributed by atoms with van der Waals surface area (Å²) < 4.78 is 5.50. The Balaban J connectivity index is 1.99. The van der Waals surface area contributed by atoms with E-state index in [9.17, 15) is 4.79 Å². The first-order valence-electron chi connectivity index (χ1n) is 6.36. The van der Waals surface area contributed by atoms with Gasteiger partial charge in [-0.1, -0.05) is 26.0 Å². The van der Waals surface area contributed by atoms with E-state index < -0.39 is 0 Å². The molecule has 1 aliphatic carbocycles. The van der Waals surface area contributed by atoms with Crippen LogP contribution in [0.1, 0.15) is 26.7 Å². The smallest absolute Gasteiger partial charge is 0.165 e. The van der Waals surface area contributed by atoms with Crippen LogP contribution < -0.4 is 0 Å². The average Bonchev–Trinajstić information content (AvgIpc) is 2.27. The van der Waals surface area contributed by atoms with Gasteiger partial charge >= 0.3 is 0 Å².